The second kappa shape index (κ2) is 10.2. The number of nitrogens with zero attached hydrogens (tertiary/aromatic N) is 1. The van der Waals surface area contributed by atoms with Crippen molar-refractivity contribution in [2.45, 2.75) is 12.5 Å². The molecule has 1 heterocycles. The van der Waals surface area contributed by atoms with Crippen LogP contribution < -0.4 is 9.47 Å². The van der Waals surface area contributed by atoms with Crippen molar-refractivity contribution in [3.63, 3.8) is 0 Å². The summed E-state index contributed by atoms with van der Waals surface area (Å²) >= 11 is 0. The van der Waals surface area contributed by atoms with Gasteiger partial charge in [-0.25, -0.2) is 0 Å². The Labute approximate surface area is 215 Å². The van der Waals surface area contributed by atoms with E-state index in [0.717, 1.165) is 22.1 Å². The standard InChI is InChI=1S/C31H27NO5/c1-36-23-15-13-20(14-16-23)17-18-32-28(22-9-5-10-24(19-22)37-2)27(30(34)31(32)35)29(33)26-12-6-8-21-7-3-4-11-25(21)26/h3-16,19,28,33H,17-18H2,1-2H3/b29-27-. The van der Waals surface area contributed by atoms with E-state index in [4.69, 9.17) is 9.47 Å². The first-order valence-electron chi connectivity index (χ1n) is 12.0. The molecular weight excluding hydrogens is 466 g/mol. The third-order valence-corrected chi connectivity index (χ3v) is 6.79. The van der Waals surface area contributed by atoms with Gasteiger partial charge in [-0.1, -0.05) is 66.7 Å². The van der Waals surface area contributed by atoms with E-state index in [1.807, 2.05) is 72.8 Å². The molecule has 4 aromatic rings. The van der Waals surface area contributed by atoms with Crippen LogP contribution in [0.25, 0.3) is 16.5 Å². The lowest BCUT2D eigenvalue weighted by Gasteiger charge is -2.26. The van der Waals surface area contributed by atoms with Gasteiger partial charge in [0.1, 0.15) is 17.3 Å². The highest BCUT2D eigenvalue weighted by atomic mass is 16.5. The summed E-state index contributed by atoms with van der Waals surface area (Å²) in [6.45, 7) is 0.297. The number of carbonyl (C=O) groups is 2. The molecule has 6 nitrogen and oxygen atoms in total. The molecule has 1 N–H and O–H groups in total. The lowest BCUT2D eigenvalue weighted by molar-refractivity contribution is -0.139. The van der Waals surface area contributed by atoms with Crippen LogP contribution in [0.4, 0.5) is 0 Å². The zero-order valence-electron chi connectivity index (χ0n) is 20.7. The van der Waals surface area contributed by atoms with E-state index in [1.54, 1.807) is 32.4 Å². The Bertz CT molecular complexity index is 1500. The summed E-state index contributed by atoms with van der Waals surface area (Å²) in [5.74, 6) is -0.176. The summed E-state index contributed by atoms with van der Waals surface area (Å²) in [6, 6.07) is 27.3. The van der Waals surface area contributed by atoms with E-state index in [2.05, 4.69) is 0 Å². The van der Waals surface area contributed by atoms with E-state index in [1.165, 1.54) is 4.90 Å². The van der Waals surface area contributed by atoms with E-state index in [9.17, 15) is 14.7 Å². The quantitative estimate of drug-likeness (QED) is 0.208. The predicted octanol–water partition coefficient (Wildman–Crippen LogP) is 5.52. The minimum Gasteiger partial charge on any atom is -0.507 e. The van der Waals surface area contributed by atoms with Gasteiger partial charge in [-0.05, 0) is 52.6 Å². The maximum Gasteiger partial charge on any atom is 0.295 e. The normalized spacial score (nSPS) is 16.8. The molecule has 1 amide bonds. The molecule has 0 aliphatic carbocycles. The largest absolute Gasteiger partial charge is 0.507 e. The number of amides is 1. The molecule has 1 saturated heterocycles. The van der Waals surface area contributed by atoms with Gasteiger partial charge in [0.05, 0.1) is 25.8 Å². The first-order valence-corrected chi connectivity index (χ1v) is 12.0. The van der Waals surface area contributed by atoms with Crippen molar-refractivity contribution in [1.29, 1.82) is 0 Å². The van der Waals surface area contributed by atoms with Gasteiger partial charge in [-0.3, -0.25) is 9.59 Å². The molecule has 0 spiro atoms. The molecule has 1 aliphatic rings. The number of aliphatic hydroxyl groups is 1. The fourth-order valence-corrected chi connectivity index (χ4v) is 4.89. The minimum absolute atomic E-state index is 0.0735. The summed E-state index contributed by atoms with van der Waals surface area (Å²) in [4.78, 5) is 28.3. The second-order valence-corrected chi connectivity index (χ2v) is 8.89. The second-order valence-electron chi connectivity index (χ2n) is 8.89. The number of benzene rings is 4. The van der Waals surface area contributed by atoms with Crippen molar-refractivity contribution in [3.8, 4) is 11.5 Å². The van der Waals surface area contributed by atoms with Gasteiger partial charge in [0.15, 0.2) is 0 Å². The van der Waals surface area contributed by atoms with E-state index in [0.29, 0.717) is 29.8 Å². The SMILES string of the molecule is COc1ccc(CCN2C(=O)C(=O)/C(=C(\O)c3cccc4ccccc34)C2c2cccc(OC)c2)cc1. The molecule has 1 unspecified atom stereocenters. The molecule has 1 fully saturated rings. The number of carbonyl (C=O) groups excluding carboxylic acids is 2. The maximum atomic E-state index is 13.4. The molecule has 4 aromatic carbocycles. The number of ether oxygens (including phenoxy) is 2. The first kappa shape index (κ1) is 24.1. The van der Waals surface area contributed by atoms with Crippen LogP contribution in [0.15, 0.2) is 96.6 Å². The fourth-order valence-electron chi connectivity index (χ4n) is 4.89. The third-order valence-electron chi connectivity index (χ3n) is 6.79. The highest BCUT2D eigenvalue weighted by Gasteiger charge is 2.46. The van der Waals surface area contributed by atoms with Crippen LogP contribution >= 0.6 is 0 Å². The molecule has 186 valence electrons. The summed E-state index contributed by atoms with van der Waals surface area (Å²) in [5, 5.41) is 13.3. The maximum absolute atomic E-state index is 13.4. The monoisotopic (exact) mass is 493 g/mol. The molecule has 1 aliphatic heterocycles. The van der Waals surface area contributed by atoms with Gasteiger partial charge in [-0.2, -0.15) is 0 Å². The van der Waals surface area contributed by atoms with Gasteiger partial charge in [0, 0.05) is 12.1 Å². The number of fused-ring (bicyclic) bond motifs is 1. The average molecular weight is 494 g/mol. The average Bonchev–Trinajstić information content (AvgIpc) is 3.20. The Kier molecular flexibility index (Phi) is 6.64. The topological polar surface area (TPSA) is 76.1 Å². The number of ketones is 1. The van der Waals surface area contributed by atoms with Gasteiger partial charge in [-0.15, -0.1) is 0 Å². The number of likely N-dealkylation sites (tertiary alicyclic amines) is 1. The highest BCUT2D eigenvalue weighted by molar-refractivity contribution is 6.46. The molecular formula is C31H27NO5. The summed E-state index contributed by atoms with van der Waals surface area (Å²) in [5.41, 5.74) is 2.28. The molecule has 0 bridgehead atoms. The van der Waals surface area contributed by atoms with Crippen LogP contribution in [-0.4, -0.2) is 42.5 Å². The van der Waals surface area contributed by atoms with Crippen LogP contribution in [0.2, 0.25) is 0 Å². The Morgan fingerprint density at radius 1 is 0.838 bits per heavy atom. The van der Waals surface area contributed by atoms with E-state index in [-0.39, 0.29) is 11.3 Å². The molecule has 0 saturated carbocycles. The van der Waals surface area contributed by atoms with E-state index >= 15 is 0 Å². The molecule has 0 radical (unpaired) electrons. The number of rotatable bonds is 7. The van der Waals surface area contributed by atoms with Crippen molar-refractivity contribution in [2.75, 3.05) is 20.8 Å². The molecule has 6 heteroatoms. The van der Waals surface area contributed by atoms with Crippen molar-refractivity contribution in [3.05, 3.63) is 113 Å². The number of aliphatic hydroxyl groups excluding tert-OH is 1. The summed E-state index contributed by atoms with van der Waals surface area (Å²) in [7, 11) is 3.17. The third kappa shape index (κ3) is 4.54. The van der Waals surface area contributed by atoms with Crippen LogP contribution in [0.1, 0.15) is 22.7 Å². The van der Waals surface area contributed by atoms with Gasteiger partial charge in [0.25, 0.3) is 11.7 Å². The zero-order chi connectivity index (χ0) is 25.9. The van der Waals surface area contributed by atoms with Crippen molar-refractivity contribution in [2.24, 2.45) is 0 Å². The highest BCUT2D eigenvalue weighted by Crippen LogP contribution is 2.41. The van der Waals surface area contributed by atoms with Gasteiger partial charge < -0.3 is 19.5 Å². The van der Waals surface area contributed by atoms with Crippen molar-refractivity contribution >= 4 is 28.2 Å². The zero-order valence-corrected chi connectivity index (χ0v) is 20.7. The Balaban J connectivity index is 1.61. The van der Waals surface area contributed by atoms with Crippen molar-refractivity contribution in [1.82, 2.24) is 4.90 Å². The fraction of sp³-hybridized carbons (Fsp3) is 0.161. The Morgan fingerprint density at radius 2 is 1.54 bits per heavy atom. The van der Waals surface area contributed by atoms with Crippen LogP contribution in [-0.2, 0) is 16.0 Å². The van der Waals surface area contributed by atoms with Gasteiger partial charge in [0.2, 0.25) is 0 Å². The summed E-state index contributed by atoms with van der Waals surface area (Å²) in [6.07, 6.45) is 0.534. The minimum atomic E-state index is -0.757. The molecule has 37 heavy (non-hydrogen) atoms. The lowest BCUT2D eigenvalue weighted by atomic mass is 9.93. The van der Waals surface area contributed by atoms with Crippen LogP contribution in [0.5, 0.6) is 11.5 Å². The number of methoxy groups -OCH3 is 2. The Hall–Kier alpha value is -4.58. The molecule has 5 rings (SSSR count). The molecule has 0 aromatic heterocycles. The first-order chi connectivity index (χ1) is 18.0. The van der Waals surface area contributed by atoms with E-state index < -0.39 is 17.7 Å². The van der Waals surface area contributed by atoms with Crippen LogP contribution in [0.3, 0.4) is 0 Å². The predicted molar refractivity (Wildman–Crippen MR) is 143 cm³/mol. The van der Waals surface area contributed by atoms with Crippen LogP contribution in [0, 0.1) is 0 Å². The number of hydrogen-bond donors (Lipinski definition) is 1. The van der Waals surface area contributed by atoms with Gasteiger partial charge >= 0.3 is 0 Å². The number of Topliss-reactive ketones (excluding diaryl/α,β-unsaturated/α-hetero) is 1. The number of hydrogen-bond acceptors (Lipinski definition) is 5. The molecule has 1 atom stereocenters. The smallest absolute Gasteiger partial charge is 0.295 e. The summed E-state index contributed by atoms with van der Waals surface area (Å²) < 4.78 is 10.6. The van der Waals surface area contributed by atoms with Crippen molar-refractivity contribution < 1.29 is 24.2 Å². The lowest BCUT2D eigenvalue weighted by Crippen LogP contribution is -2.31. The Morgan fingerprint density at radius 3 is 2.30 bits per heavy atom.